The van der Waals surface area contributed by atoms with Crippen molar-refractivity contribution in [1.82, 2.24) is 0 Å². The minimum atomic E-state index is -1.20. The van der Waals surface area contributed by atoms with Crippen LogP contribution < -0.4 is 0 Å². The molecular weight excluding hydrogens is 228 g/mol. The van der Waals surface area contributed by atoms with E-state index in [1.807, 2.05) is 27.7 Å². The lowest BCUT2D eigenvalue weighted by Gasteiger charge is -2.32. The molecule has 0 saturated heterocycles. The number of carbonyl (C=O) groups is 1. The number of carbonyl (C=O) groups excluding carboxylic acids is 1. The molecule has 3 nitrogen and oxygen atoms in total. The molecule has 4 atom stereocenters. The second-order valence-corrected chi connectivity index (χ2v) is 5.86. The third-order valence-corrected chi connectivity index (χ3v) is 4.60. The van der Waals surface area contributed by atoms with Crippen LogP contribution in [0.1, 0.15) is 34.1 Å². The van der Waals surface area contributed by atoms with Crippen molar-refractivity contribution in [3.63, 3.8) is 0 Å². The van der Waals surface area contributed by atoms with E-state index in [0.29, 0.717) is 12.2 Å². The summed E-state index contributed by atoms with van der Waals surface area (Å²) in [6.45, 7) is 11.4. The van der Waals surface area contributed by atoms with Gasteiger partial charge in [-0.2, -0.15) is 0 Å². The molecule has 2 aliphatic rings. The van der Waals surface area contributed by atoms with Gasteiger partial charge in [0.05, 0.1) is 12.0 Å². The molecule has 0 amide bonds. The number of hydrogen-bond acceptors (Lipinski definition) is 3. The van der Waals surface area contributed by atoms with Crippen LogP contribution in [-0.4, -0.2) is 22.6 Å². The van der Waals surface area contributed by atoms with E-state index in [0.717, 1.165) is 5.57 Å². The Morgan fingerprint density at radius 1 is 1.56 bits per heavy atom. The van der Waals surface area contributed by atoms with Crippen molar-refractivity contribution in [2.75, 3.05) is 0 Å². The van der Waals surface area contributed by atoms with Gasteiger partial charge in [-0.05, 0) is 37.8 Å². The van der Waals surface area contributed by atoms with Crippen LogP contribution in [0.4, 0.5) is 0 Å². The van der Waals surface area contributed by atoms with E-state index in [-0.39, 0.29) is 29.6 Å². The fourth-order valence-corrected chi connectivity index (χ4v) is 3.26. The van der Waals surface area contributed by atoms with E-state index in [1.54, 1.807) is 6.08 Å². The van der Waals surface area contributed by atoms with E-state index >= 15 is 0 Å². The van der Waals surface area contributed by atoms with Gasteiger partial charge in [0.1, 0.15) is 11.4 Å². The Balaban J connectivity index is 2.46. The maximum Gasteiger partial charge on any atom is 0.172 e. The largest absolute Gasteiger partial charge is 0.490 e. The molecular formula is C15H22O3. The van der Waals surface area contributed by atoms with Crippen LogP contribution in [0.2, 0.25) is 0 Å². The second kappa shape index (κ2) is 4.23. The first-order valence-corrected chi connectivity index (χ1v) is 6.59. The number of Topliss-reactive ketones (excluding diaryl/α,β-unsaturated/α-hetero) is 1. The molecule has 18 heavy (non-hydrogen) atoms. The lowest BCUT2D eigenvalue weighted by molar-refractivity contribution is -0.139. The summed E-state index contributed by atoms with van der Waals surface area (Å²) in [5.74, 6) is 0.449. The Kier molecular flexibility index (Phi) is 3.14. The molecule has 3 heteroatoms. The minimum Gasteiger partial charge on any atom is -0.490 e. The maximum atomic E-state index is 12.5. The molecule has 2 rings (SSSR count). The molecule has 0 bridgehead atoms. The van der Waals surface area contributed by atoms with Crippen LogP contribution in [0.15, 0.2) is 24.0 Å². The first-order valence-electron chi connectivity index (χ1n) is 6.59. The van der Waals surface area contributed by atoms with Crippen LogP contribution in [0.3, 0.4) is 0 Å². The normalized spacial score (nSPS) is 39.9. The van der Waals surface area contributed by atoms with Gasteiger partial charge in [0.15, 0.2) is 5.78 Å². The van der Waals surface area contributed by atoms with Crippen molar-refractivity contribution in [3.05, 3.63) is 24.0 Å². The molecule has 0 aromatic heterocycles. The van der Waals surface area contributed by atoms with Crippen LogP contribution in [0.5, 0.6) is 0 Å². The molecule has 1 saturated carbocycles. The zero-order valence-electron chi connectivity index (χ0n) is 11.6. The quantitative estimate of drug-likeness (QED) is 0.819. The molecule has 1 aliphatic carbocycles. The average Bonchev–Trinajstić information content (AvgIpc) is 2.59. The topological polar surface area (TPSA) is 46.5 Å². The van der Waals surface area contributed by atoms with Crippen molar-refractivity contribution >= 4 is 5.78 Å². The highest BCUT2D eigenvalue weighted by Crippen LogP contribution is 2.49. The lowest BCUT2D eigenvalue weighted by Crippen LogP contribution is -2.41. The van der Waals surface area contributed by atoms with Gasteiger partial charge in [-0.15, -0.1) is 0 Å². The summed E-state index contributed by atoms with van der Waals surface area (Å²) in [4.78, 5) is 12.5. The molecule has 0 spiro atoms. The first kappa shape index (κ1) is 13.3. The summed E-state index contributed by atoms with van der Waals surface area (Å²) in [6, 6.07) is 0. The Morgan fingerprint density at radius 3 is 2.67 bits per heavy atom. The Hall–Kier alpha value is -1.09. The Morgan fingerprint density at radius 2 is 2.17 bits per heavy atom. The standard InChI is InChI=1S/C15H22O3/c1-6-12-9(4)13-11(10(5)18-12)7-15(17,8(2)3)14(13)16/h6,8,10-11,13,17H,1,7H2,2-5H3/t10-,11+,13-,15+/m1/s1. The second-order valence-electron chi connectivity index (χ2n) is 5.86. The monoisotopic (exact) mass is 250 g/mol. The predicted octanol–water partition coefficient (Wildman–Crippen LogP) is 2.46. The predicted molar refractivity (Wildman–Crippen MR) is 69.8 cm³/mol. The van der Waals surface area contributed by atoms with E-state index in [1.165, 1.54) is 0 Å². The third-order valence-electron chi connectivity index (χ3n) is 4.60. The van der Waals surface area contributed by atoms with Gasteiger partial charge in [-0.3, -0.25) is 4.79 Å². The zero-order valence-corrected chi connectivity index (χ0v) is 11.6. The third kappa shape index (κ3) is 1.64. The molecule has 0 radical (unpaired) electrons. The highest BCUT2D eigenvalue weighted by Gasteiger charge is 2.57. The molecule has 1 fully saturated rings. The van der Waals surface area contributed by atoms with E-state index < -0.39 is 5.60 Å². The molecule has 0 unspecified atom stereocenters. The van der Waals surface area contributed by atoms with Crippen molar-refractivity contribution in [3.8, 4) is 0 Å². The van der Waals surface area contributed by atoms with Gasteiger partial charge in [0, 0.05) is 5.92 Å². The average molecular weight is 250 g/mol. The highest BCUT2D eigenvalue weighted by atomic mass is 16.5. The van der Waals surface area contributed by atoms with Crippen molar-refractivity contribution in [1.29, 1.82) is 0 Å². The molecule has 0 aromatic rings. The SMILES string of the molecule is C=CC1=C(C)[C@H]2C(=O)[C@@](O)(C(C)C)C[C@H]2[C@@H](C)O1. The smallest absolute Gasteiger partial charge is 0.172 e. The number of aliphatic hydroxyl groups is 1. The number of allylic oxidation sites excluding steroid dienone is 2. The summed E-state index contributed by atoms with van der Waals surface area (Å²) in [7, 11) is 0. The van der Waals surface area contributed by atoms with Gasteiger partial charge in [-0.1, -0.05) is 20.4 Å². The van der Waals surface area contributed by atoms with Gasteiger partial charge < -0.3 is 9.84 Å². The zero-order chi connectivity index (χ0) is 13.7. The molecule has 100 valence electrons. The molecule has 1 heterocycles. The van der Waals surface area contributed by atoms with Crippen LogP contribution in [0, 0.1) is 17.8 Å². The van der Waals surface area contributed by atoms with E-state index in [9.17, 15) is 9.90 Å². The summed E-state index contributed by atoms with van der Waals surface area (Å²) in [6.07, 6.45) is 2.10. The fourth-order valence-electron chi connectivity index (χ4n) is 3.26. The minimum absolute atomic E-state index is 0.0468. The van der Waals surface area contributed by atoms with Crippen LogP contribution in [-0.2, 0) is 9.53 Å². The number of ether oxygens (including phenoxy) is 1. The summed E-state index contributed by atoms with van der Waals surface area (Å²) in [5, 5.41) is 10.6. The lowest BCUT2D eigenvalue weighted by atomic mass is 9.82. The summed E-state index contributed by atoms with van der Waals surface area (Å²) >= 11 is 0. The van der Waals surface area contributed by atoms with Gasteiger partial charge in [0.2, 0.25) is 0 Å². The van der Waals surface area contributed by atoms with Crippen LogP contribution in [0.25, 0.3) is 0 Å². The summed E-state index contributed by atoms with van der Waals surface area (Å²) in [5.41, 5.74) is -0.292. The van der Waals surface area contributed by atoms with Crippen molar-refractivity contribution < 1.29 is 14.6 Å². The molecule has 1 N–H and O–H groups in total. The van der Waals surface area contributed by atoms with Gasteiger partial charge >= 0.3 is 0 Å². The highest BCUT2D eigenvalue weighted by molar-refractivity contribution is 5.94. The molecule has 1 aliphatic heterocycles. The molecule has 0 aromatic carbocycles. The number of rotatable bonds is 2. The first-order chi connectivity index (χ1) is 8.32. The van der Waals surface area contributed by atoms with Gasteiger partial charge in [-0.25, -0.2) is 0 Å². The summed E-state index contributed by atoms with van der Waals surface area (Å²) < 4.78 is 5.78. The number of fused-ring (bicyclic) bond motifs is 1. The number of hydrogen-bond donors (Lipinski definition) is 1. The number of ketones is 1. The Bertz CT molecular complexity index is 421. The maximum absolute atomic E-state index is 12.5. The van der Waals surface area contributed by atoms with Crippen molar-refractivity contribution in [2.45, 2.75) is 45.8 Å². The Labute approximate surface area is 109 Å². The van der Waals surface area contributed by atoms with E-state index in [4.69, 9.17) is 4.74 Å². The van der Waals surface area contributed by atoms with E-state index in [2.05, 4.69) is 6.58 Å². The van der Waals surface area contributed by atoms with Crippen molar-refractivity contribution in [2.24, 2.45) is 17.8 Å². The van der Waals surface area contributed by atoms with Gasteiger partial charge in [0.25, 0.3) is 0 Å². The fraction of sp³-hybridized carbons (Fsp3) is 0.667. The van der Waals surface area contributed by atoms with Crippen LogP contribution >= 0.6 is 0 Å².